The highest BCUT2D eigenvalue weighted by Gasteiger charge is 2.24. The fourth-order valence-corrected chi connectivity index (χ4v) is 3.18. The average molecular weight is 426 g/mol. The first-order chi connectivity index (χ1) is 14.7. The van der Waals surface area contributed by atoms with Gasteiger partial charge >= 0.3 is 0 Å². The molecule has 0 saturated heterocycles. The van der Waals surface area contributed by atoms with E-state index in [1.807, 2.05) is 37.3 Å². The van der Waals surface area contributed by atoms with Crippen LogP contribution in [0.25, 0.3) is 0 Å². The molecule has 0 aliphatic carbocycles. The maximum atomic E-state index is 12.6. The van der Waals surface area contributed by atoms with Crippen molar-refractivity contribution < 1.29 is 4.79 Å². The first kappa shape index (κ1) is 21.7. The number of amides is 1. The average Bonchev–Trinajstić information content (AvgIpc) is 3.04. The molecule has 6 N–H and O–H groups in total. The molecule has 0 spiro atoms. The Morgan fingerprint density at radius 2 is 1.77 bits per heavy atom. The molecule has 3 rings (SSSR count). The summed E-state index contributed by atoms with van der Waals surface area (Å²) in [6, 6.07) is 9.38. The number of nitrogens with zero attached hydrogens (tertiary/aromatic N) is 3. The minimum absolute atomic E-state index is 0.0308. The van der Waals surface area contributed by atoms with E-state index in [4.69, 9.17) is 5.73 Å². The van der Waals surface area contributed by atoms with Crippen molar-refractivity contribution in [3.63, 3.8) is 0 Å². The van der Waals surface area contributed by atoms with Crippen molar-refractivity contribution in [1.29, 1.82) is 0 Å². The van der Waals surface area contributed by atoms with Crippen molar-refractivity contribution in [2.75, 3.05) is 30.5 Å². The number of nitrogen functional groups attached to an aromatic ring is 1. The fourth-order valence-electron chi connectivity index (χ4n) is 3.18. The summed E-state index contributed by atoms with van der Waals surface area (Å²) in [6.07, 6.45) is 0.672. The number of hydrogen-bond donors (Lipinski definition) is 5. The number of aromatic amines is 2. The van der Waals surface area contributed by atoms with Crippen LogP contribution in [0.15, 0.2) is 39.9 Å². The topological polar surface area (TPSA) is 154 Å². The van der Waals surface area contributed by atoms with E-state index in [9.17, 15) is 14.4 Å². The lowest BCUT2D eigenvalue weighted by Crippen LogP contribution is -2.27. The van der Waals surface area contributed by atoms with Crippen LogP contribution in [-0.4, -0.2) is 44.9 Å². The maximum Gasteiger partial charge on any atom is 0.288 e. The van der Waals surface area contributed by atoms with Gasteiger partial charge in [0.1, 0.15) is 17.1 Å². The van der Waals surface area contributed by atoms with Gasteiger partial charge in [-0.25, -0.2) is 4.68 Å². The Morgan fingerprint density at radius 3 is 2.35 bits per heavy atom. The molecular formula is C20H26N8O3. The van der Waals surface area contributed by atoms with Crippen molar-refractivity contribution in [1.82, 2.24) is 24.9 Å². The van der Waals surface area contributed by atoms with Crippen LogP contribution in [0.2, 0.25) is 0 Å². The molecule has 1 aromatic carbocycles. The predicted octanol–water partition coefficient (Wildman–Crippen LogP) is 1.39. The van der Waals surface area contributed by atoms with E-state index in [0.717, 1.165) is 5.56 Å². The zero-order chi connectivity index (χ0) is 22.7. The van der Waals surface area contributed by atoms with E-state index in [-0.39, 0.29) is 40.5 Å². The van der Waals surface area contributed by atoms with Crippen LogP contribution in [0.5, 0.6) is 0 Å². The van der Waals surface area contributed by atoms with Crippen LogP contribution in [-0.2, 0) is 7.05 Å². The lowest BCUT2D eigenvalue weighted by atomic mass is 10.0. The number of nitrogens with one attached hydrogen (secondary N) is 4. The normalized spacial score (nSPS) is 11.7. The van der Waals surface area contributed by atoms with Crippen molar-refractivity contribution in [3.05, 3.63) is 62.3 Å². The molecule has 31 heavy (non-hydrogen) atoms. The summed E-state index contributed by atoms with van der Waals surface area (Å²) in [7, 11) is 4.75. The second-order valence-electron chi connectivity index (χ2n) is 7.23. The van der Waals surface area contributed by atoms with Crippen LogP contribution >= 0.6 is 0 Å². The van der Waals surface area contributed by atoms with Crippen LogP contribution in [0, 0.1) is 0 Å². The largest absolute Gasteiger partial charge is 0.394 e. The van der Waals surface area contributed by atoms with Gasteiger partial charge in [-0.3, -0.25) is 24.6 Å². The van der Waals surface area contributed by atoms with Gasteiger partial charge in [0, 0.05) is 21.1 Å². The minimum Gasteiger partial charge on any atom is -0.394 e. The van der Waals surface area contributed by atoms with Gasteiger partial charge in [0.15, 0.2) is 11.5 Å². The molecule has 11 heteroatoms. The van der Waals surface area contributed by atoms with Gasteiger partial charge in [-0.2, -0.15) is 5.10 Å². The summed E-state index contributed by atoms with van der Waals surface area (Å²) in [5.74, 6) is -0.161. The first-order valence-electron chi connectivity index (χ1n) is 9.72. The van der Waals surface area contributed by atoms with Gasteiger partial charge in [-0.05, 0) is 12.0 Å². The number of aryl methyl sites for hydroxylation is 1. The number of H-pyrrole nitrogens is 2. The molecule has 164 valence electrons. The van der Waals surface area contributed by atoms with E-state index >= 15 is 0 Å². The maximum absolute atomic E-state index is 12.6. The van der Waals surface area contributed by atoms with Crippen molar-refractivity contribution in [2.24, 2.45) is 7.05 Å². The molecular weight excluding hydrogens is 400 g/mol. The number of hydrogen-bond acceptors (Lipinski definition) is 7. The summed E-state index contributed by atoms with van der Waals surface area (Å²) < 4.78 is 1.35. The molecule has 3 aromatic rings. The van der Waals surface area contributed by atoms with Crippen molar-refractivity contribution in [2.45, 2.75) is 19.4 Å². The SMILES string of the molecule is CC[C@@H](Nc1c(Nc2c(N)c(C(=O)N(C)C)nn2C)c(=O)[nH][nH]c1=O)c1ccccc1. The molecule has 0 bridgehead atoms. The fraction of sp³-hybridized carbons (Fsp3) is 0.300. The van der Waals surface area contributed by atoms with Crippen LogP contribution < -0.4 is 27.5 Å². The van der Waals surface area contributed by atoms with E-state index < -0.39 is 11.1 Å². The Labute approximate surface area is 178 Å². The number of nitrogens with two attached hydrogens (primary N) is 1. The highest BCUT2D eigenvalue weighted by Crippen LogP contribution is 2.29. The van der Waals surface area contributed by atoms with Crippen LogP contribution in [0.1, 0.15) is 35.4 Å². The Hall–Kier alpha value is -4.02. The van der Waals surface area contributed by atoms with Crippen LogP contribution in [0.4, 0.5) is 22.9 Å². The smallest absolute Gasteiger partial charge is 0.288 e. The van der Waals surface area contributed by atoms with Gasteiger partial charge in [-0.1, -0.05) is 37.3 Å². The lowest BCUT2D eigenvalue weighted by molar-refractivity contribution is 0.0822. The molecule has 0 saturated carbocycles. The molecule has 11 nitrogen and oxygen atoms in total. The Kier molecular flexibility index (Phi) is 6.14. The summed E-state index contributed by atoms with van der Waals surface area (Å²) >= 11 is 0. The Balaban J connectivity index is 2.04. The highest BCUT2D eigenvalue weighted by molar-refractivity contribution is 6.00. The lowest BCUT2D eigenvalue weighted by Gasteiger charge is -2.20. The molecule has 0 radical (unpaired) electrons. The van der Waals surface area contributed by atoms with E-state index in [2.05, 4.69) is 25.9 Å². The predicted molar refractivity (Wildman–Crippen MR) is 120 cm³/mol. The second-order valence-corrected chi connectivity index (χ2v) is 7.23. The molecule has 0 aliphatic heterocycles. The third kappa shape index (κ3) is 4.29. The minimum atomic E-state index is -0.564. The molecule has 0 aliphatic rings. The third-order valence-corrected chi connectivity index (χ3v) is 4.86. The first-order valence-corrected chi connectivity index (χ1v) is 9.72. The molecule has 2 aromatic heterocycles. The van der Waals surface area contributed by atoms with E-state index in [0.29, 0.717) is 6.42 Å². The molecule has 0 fully saturated rings. The second kappa shape index (κ2) is 8.78. The van der Waals surface area contributed by atoms with Crippen molar-refractivity contribution >= 4 is 28.8 Å². The standard InChI is InChI=1S/C20H26N8O3/c1-5-12(11-9-7-6-8-10-11)22-15-16(19(30)25-24-18(15)29)23-17-13(21)14(26-28(17)4)20(31)27(2)3/h6-10,12H,5,21H2,1-4H3,(H2,22,25,30)(H2,23,24,29)/t12-/m1/s1. The Bertz CT molecular complexity index is 1190. The van der Waals surface area contributed by atoms with Gasteiger partial charge in [0.25, 0.3) is 17.0 Å². The molecule has 2 heterocycles. The van der Waals surface area contributed by atoms with Gasteiger partial charge < -0.3 is 21.3 Å². The zero-order valence-electron chi connectivity index (χ0n) is 17.8. The monoisotopic (exact) mass is 426 g/mol. The zero-order valence-corrected chi connectivity index (χ0v) is 17.8. The summed E-state index contributed by atoms with van der Waals surface area (Å²) in [5, 5.41) is 14.8. The summed E-state index contributed by atoms with van der Waals surface area (Å²) in [5.41, 5.74) is 6.17. The number of carbonyl (C=O) groups excluding carboxylic acids is 1. The number of aromatic nitrogens is 4. The number of rotatable bonds is 7. The van der Waals surface area contributed by atoms with Gasteiger partial charge in [0.05, 0.1) is 6.04 Å². The summed E-state index contributed by atoms with van der Waals surface area (Å²) in [6.45, 7) is 1.97. The van der Waals surface area contributed by atoms with Gasteiger partial charge in [0.2, 0.25) is 0 Å². The quantitative estimate of drug-likeness (QED) is 0.382. The Morgan fingerprint density at radius 1 is 1.16 bits per heavy atom. The number of anilines is 4. The van der Waals surface area contributed by atoms with E-state index in [1.165, 1.54) is 9.58 Å². The van der Waals surface area contributed by atoms with Crippen molar-refractivity contribution in [3.8, 4) is 0 Å². The molecule has 1 amide bonds. The number of benzene rings is 1. The highest BCUT2D eigenvalue weighted by atomic mass is 16.2. The molecule has 0 unspecified atom stereocenters. The third-order valence-electron chi connectivity index (χ3n) is 4.86. The summed E-state index contributed by atoms with van der Waals surface area (Å²) in [4.78, 5) is 38.9. The van der Waals surface area contributed by atoms with E-state index in [1.54, 1.807) is 21.1 Å². The molecule has 1 atom stereocenters. The van der Waals surface area contributed by atoms with Crippen LogP contribution in [0.3, 0.4) is 0 Å². The number of carbonyl (C=O) groups is 1. The van der Waals surface area contributed by atoms with Gasteiger partial charge in [-0.15, -0.1) is 0 Å².